The summed E-state index contributed by atoms with van der Waals surface area (Å²) in [7, 11) is 0. The highest BCUT2D eigenvalue weighted by Crippen LogP contribution is 2.45. The third-order valence-corrected chi connectivity index (χ3v) is 3.38. The van der Waals surface area contributed by atoms with Crippen LogP contribution in [0.25, 0.3) is 0 Å². The van der Waals surface area contributed by atoms with E-state index in [0.717, 1.165) is 11.3 Å². The largest absolute Gasteiger partial charge is 0.434 e. The van der Waals surface area contributed by atoms with E-state index < -0.39 is 5.76 Å². The van der Waals surface area contributed by atoms with Gasteiger partial charge in [-0.1, -0.05) is 13.0 Å². The first kappa shape index (κ1) is 11.0. The van der Waals surface area contributed by atoms with Gasteiger partial charge in [0.25, 0.3) is 0 Å². The fourth-order valence-corrected chi connectivity index (χ4v) is 2.44. The van der Waals surface area contributed by atoms with Crippen LogP contribution in [0.4, 0.5) is 10.1 Å². The predicted octanol–water partition coefficient (Wildman–Crippen LogP) is 2.08. The zero-order valence-corrected chi connectivity index (χ0v) is 9.95. The van der Waals surface area contributed by atoms with Crippen molar-refractivity contribution in [3.8, 4) is 0 Å². The van der Waals surface area contributed by atoms with Gasteiger partial charge < -0.3 is 9.73 Å². The van der Waals surface area contributed by atoms with Gasteiger partial charge in [-0.2, -0.15) is 0 Å². The minimum atomic E-state index is -0.604. The Morgan fingerprint density at radius 2 is 2.22 bits per heavy atom. The second-order valence-corrected chi connectivity index (χ2v) is 4.52. The number of hydrogen-bond donors (Lipinski definition) is 2. The van der Waals surface area contributed by atoms with Crippen molar-refractivity contribution in [1.29, 1.82) is 0 Å². The highest BCUT2D eigenvalue weighted by atomic mass is 19.1. The molecule has 2 atom stereocenters. The lowest BCUT2D eigenvalue weighted by atomic mass is 9.95. The molecule has 2 aromatic rings. The van der Waals surface area contributed by atoms with Gasteiger partial charge in [-0.05, 0) is 18.6 Å². The lowest BCUT2D eigenvalue weighted by Crippen LogP contribution is -2.10. The smallest absolute Gasteiger partial charge is 0.390 e. The van der Waals surface area contributed by atoms with Crippen LogP contribution in [-0.2, 0) is 0 Å². The number of anilines is 1. The molecule has 2 heterocycles. The number of rotatable bonds is 1. The van der Waals surface area contributed by atoms with Crippen LogP contribution in [0.15, 0.2) is 21.3 Å². The fraction of sp³-hybridized carbons (Fsp3) is 0.333. The number of benzene rings is 1. The molecule has 0 radical (unpaired) electrons. The van der Waals surface area contributed by atoms with Crippen molar-refractivity contribution in [2.75, 3.05) is 5.32 Å². The molecule has 2 unspecified atom stereocenters. The summed E-state index contributed by atoms with van der Waals surface area (Å²) < 4.78 is 18.8. The van der Waals surface area contributed by atoms with Crippen LogP contribution in [0.2, 0.25) is 0 Å². The van der Waals surface area contributed by atoms with Crippen LogP contribution in [-0.4, -0.2) is 10.2 Å². The second-order valence-electron chi connectivity index (χ2n) is 4.52. The molecular weight excluding hydrogens is 237 g/mol. The summed E-state index contributed by atoms with van der Waals surface area (Å²) in [6.07, 6.45) is 0. The molecule has 0 saturated carbocycles. The number of H-pyrrole nitrogens is 1. The minimum absolute atomic E-state index is 0.147. The Kier molecular flexibility index (Phi) is 2.26. The second kappa shape index (κ2) is 3.69. The summed E-state index contributed by atoms with van der Waals surface area (Å²) in [5, 5.41) is 9.19. The van der Waals surface area contributed by atoms with E-state index in [1.165, 1.54) is 6.07 Å². The van der Waals surface area contributed by atoms with E-state index in [2.05, 4.69) is 15.5 Å². The zero-order valence-electron chi connectivity index (χ0n) is 9.95. The van der Waals surface area contributed by atoms with Crippen LogP contribution in [0.1, 0.15) is 35.9 Å². The zero-order chi connectivity index (χ0) is 12.9. The van der Waals surface area contributed by atoms with Crippen LogP contribution in [0, 0.1) is 12.7 Å². The van der Waals surface area contributed by atoms with Gasteiger partial charge in [-0.25, -0.2) is 14.3 Å². The number of hydrogen-bond acceptors (Lipinski definition) is 4. The standard InChI is InChI=1S/C12H12FN3O2/c1-5-3-4-7(13)8-6(2)10(14-9(5)8)11-15-16-12(17)18-11/h3-4,6,10,14H,1-2H3,(H,16,17). The number of halogens is 1. The van der Waals surface area contributed by atoms with Crippen molar-refractivity contribution < 1.29 is 8.81 Å². The Morgan fingerprint density at radius 1 is 1.44 bits per heavy atom. The normalized spacial score (nSPS) is 21.7. The Balaban J connectivity index is 2.08. The van der Waals surface area contributed by atoms with E-state index in [4.69, 9.17) is 4.42 Å². The maximum Gasteiger partial charge on any atom is 0.434 e. The van der Waals surface area contributed by atoms with Gasteiger partial charge in [0.1, 0.15) is 11.9 Å². The summed E-state index contributed by atoms with van der Waals surface area (Å²) in [6.45, 7) is 3.78. The molecule has 18 heavy (non-hydrogen) atoms. The van der Waals surface area contributed by atoms with Crippen molar-refractivity contribution >= 4 is 5.69 Å². The van der Waals surface area contributed by atoms with E-state index >= 15 is 0 Å². The maximum atomic E-state index is 13.9. The topological polar surface area (TPSA) is 70.9 Å². The highest BCUT2D eigenvalue weighted by Gasteiger charge is 2.36. The molecule has 1 aliphatic rings. The van der Waals surface area contributed by atoms with Gasteiger partial charge in [0.05, 0.1) is 0 Å². The number of aryl methyl sites for hydroxylation is 1. The van der Waals surface area contributed by atoms with Gasteiger partial charge in [0.2, 0.25) is 5.89 Å². The first-order valence-electron chi connectivity index (χ1n) is 5.69. The molecule has 2 N–H and O–H groups in total. The molecule has 6 heteroatoms. The first-order valence-corrected chi connectivity index (χ1v) is 5.69. The van der Waals surface area contributed by atoms with Crippen molar-refractivity contribution in [2.24, 2.45) is 0 Å². The third-order valence-electron chi connectivity index (χ3n) is 3.38. The monoisotopic (exact) mass is 249 g/mol. The van der Waals surface area contributed by atoms with Crippen LogP contribution in [0.5, 0.6) is 0 Å². The summed E-state index contributed by atoms with van der Waals surface area (Å²) in [6, 6.07) is 2.85. The molecular formula is C12H12FN3O2. The average Bonchev–Trinajstić information content (AvgIpc) is 2.89. The first-order chi connectivity index (χ1) is 8.58. The lowest BCUT2D eigenvalue weighted by molar-refractivity contribution is 0.420. The van der Waals surface area contributed by atoms with Crippen LogP contribution < -0.4 is 11.1 Å². The summed E-state index contributed by atoms with van der Waals surface area (Å²) in [5.74, 6) is -0.753. The van der Waals surface area contributed by atoms with E-state index in [1.54, 1.807) is 6.07 Å². The Bertz CT molecular complexity index is 662. The van der Waals surface area contributed by atoms with Crippen molar-refractivity contribution in [3.63, 3.8) is 0 Å². The molecule has 0 spiro atoms. The Hall–Kier alpha value is -2.11. The maximum absolute atomic E-state index is 13.9. The van der Waals surface area contributed by atoms with Crippen molar-refractivity contribution in [2.45, 2.75) is 25.8 Å². The van der Waals surface area contributed by atoms with Crippen molar-refractivity contribution in [3.05, 3.63) is 45.5 Å². The molecule has 0 aliphatic carbocycles. The highest BCUT2D eigenvalue weighted by molar-refractivity contribution is 5.64. The minimum Gasteiger partial charge on any atom is -0.390 e. The number of nitrogens with one attached hydrogen (secondary N) is 2. The van der Waals surface area contributed by atoms with E-state index in [-0.39, 0.29) is 23.7 Å². The van der Waals surface area contributed by atoms with Gasteiger partial charge in [0, 0.05) is 17.2 Å². The number of nitrogens with zero attached hydrogens (tertiary/aromatic N) is 1. The molecule has 0 bridgehead atoms. The molecule has 0 saturated heterocycles. The molecule has 1 aliphatic heterocycles. The molecule has 1 aromatic heterocycles. The Morgan fingerprint density at radius 3 is 2.83 bits per heavy atom. The van der Waals surface area contributed by atoms with Gasteiger partial charge in [-0.15, -0.1) is 5.10 Å². The molecule has 5 nitrogen and oxygen atoms in total. The summed E-state index contributed by atoms with van der Waals surface area (Å²) >= 11 is 0. The van der Waals surface area contributed by atoms with Gasteiger partial charge in [-0.3, -0.25) is 0 Å². The van der Waals surface area contributed by atoms with Gasteiger partial charge in [0.15, 0.2) is 0 Å². The Labute approximate surface area is 102 Å². The fourth-order valence-electron chi connectivity index (χ4n) is 2.44. The quantitative estimate of drug-likeness (QED) is 0.811. The lowest BCUT2D eigenvalue weighted by Gasteiger charge is -2.11. The summed E-state index contributed by atoms with van der Waals surface area (Å²) in [4.78, 5) is 11.0. The number of fused-ring (bicyclic) bond motifs is 1. The SMILES string of the molecule is Cc1ccc(F)c2c1NC(c1n[nH]c(=O)o1)C2C. The van der Waals surface area contributed by atoms with E-state index in [0.29, 0.717) is 5.56 Å². The van der Waals surface area contributed by atoms with E-state index in [9.17, 15) is 9.18 Å². The van der Waals surface area contributed by atoms with E-state index in [1.807, 2.05) is 13.8 Å². The van der Waals surface area contributed by atoms with Crippen molar-refractivity contribution in [1.82, 2.24) is 10.2 Å². The average molecular weight is 249 g/mol. The van der Waals surface area contributed by atoms with Gasteiger partial charge >= 0.3 is 5.76 Å². The van der Waals surface area contributed by atoms with Crippen LogP contribution >= 0.6 is 0 Å². The number of aromatic nitrogens is 2. The van der Waals surface area contributed by atoms with Crippen LogP contribution in [0.3, 0.4) is 0 Å². The molecule has 0 amide bonds. The summed E-state index contributed by atoms with van der Waals surface area (Å²) in [5.41, 5.74) is 2.34. The molecule has 1 aromatic carbocycles. The third kappa shape index (κ3) is 1.45. The predicted molar refractivity (Wildman–Crippen MR) is 63.0 cm³/mol. The number of aromatic amines is 1. The molecule has 94 valence electrons. The molecule has 0 fully saturated rings. The molecule has 3 rings (SSSR count).